The van der Waals surface area contributed by atoms with Crippen molar-refractivity contribution in [1.29, 1.82) is 0 Å². The molecule has 2 saturated heterocycles. The number of rotatable bonds is 5. The maximum atomic E-state index is 13.3. The Morgan fingerprint density at radius 2 is 2.00 bits per heavy atom. The molecule has 0 radical (unpaired) electrons. The summed E-state index contributed by atoms with van der Waals surface area (Å²) in [6, 6.07) is 0.291. The molecule has 1 aromatic rings. The van der Waals surface area contributed by atoms with Crippen molar-refractivity contribution >= 4 is 11.8 Å². The Balaban J connectivity index is 1.56. The minimum atomic E-state index is -0.191. The van der Waals surface area contributed by atoms with Crippen molar-refractivity contribution in [2.75, 3.05) is 19.7 Å². The van der Waals surface area contributed by atoms with Crippen LogP contribution in [-0.2, 0) is 17.7 Å². The summed E-state index contributed by atoms with van der Waals surface area (Å²) in [6.45, 7) is 4.98. The molecule has 0 bridgehead atoms. The molecule has 0 spiro atoms. The van der Waals surface area contributed by atoms with Crippen molar-refractivity contribution in [2.24, 2.45) is 0 Å². The minimum absolute atomic E-state index is 0.00961. The minimum Gasteiger partial charge on any atom is -0.376 e. The fourth-order valence-electron chi connectivity index (χ4n) is 4.81. The molecule has 1 N–H and O–H groups in total. The van der Waals surface area contributed by atoms with Gasteiger partial charge >= 0.3 is 0 Å². The van der Waals surface area contributed by atoms with Crippen LogP contribution in [0.5, 0.6) is 0 Å². The topological polar surface area (TPSA) is 76.5 Å². The smallest absolute Gasteiger partial charge is 0.287 e. The van der Waals surface area contributed by atoms with Crippen molar-refractivity contribution < 1.29 is 14.3 Å². The average Bonchev–Trinajstić information content (AvgIpc) is 3.39. The lowest BCUT2D eigenvalue weighted by atomic mass is 9.99. The largest absolute Gasteiger partial charge is 0.376 e. The summed E-state index contributed by atoms with van der Waals surface area (Å²) < 4.78 is 7.57. The second-order valence-electron chi connectivity index (χ2n) is 8.24. The zero-order valence-electron chi connectivity index (χ0n) is 16.9. The number of carbonyl (C=O) groups is 2. The molecular formula is C21H32N4O3. The van der Waals surface area contributed by atoms with Gasteiger partial charge in [0.05, 0.1) is 11.8 Å². The predicted octanol–water partition coefficient (Wildman–Crippen LogP) is 2.53. The number of hydrogen-bond donors (Lipinski definition) is 1. The number of imidazole rings is 1. The highest BCUT2D eigenvalue weighted by Gasteiger charge is 2.33. The number of piperidine rings is 1. The monoisotopic (exact) mass is 388 g/mol. The Morgan fingerprint density at radius 3 is 2.79 bits per heavy atom. The first-order valence-corrected chi connectivity index (χ1v) is 11.0. The van der Waals surface area contributed by atoms with E-state index in [4.69, 9.17) is 4.74 Å². The van der Waals surface area contributed by atoms with Gasteiger partial charge in [-0.15, -0.1) is 0 Å². The number of aromatic nitrogens is 2. The zero-order valence-corrected chi connectivity index (χ0v) is 16.9. The molecule has 2 atom stereocenters. The van der Waals surface area contributed by atoms with Crippen LogP contribution in [0.15, 0.2) is 0 Å². The fourth-order valence-corrected chi connectivity index (χ4v) is 4.81. The molecule has 4 rings (SSSR count). The second-order valence-corrected chi connectivity index (χ2v) is 8.24. The number of nitrogens with zero attached hydrogens (tertiary/aromatic N) is 3. The van der Waals surface area contributed by atoms with Gasteiger partial charge in [0.25, 0.3) is 11.8 Å². The first-order chi connectivity index (χ1) is 13.7. The van der Waals surface area contributed by atoms with Crippen molar-refractivity contribution in [2.45, 2.75) is 83.4 Å². The highest BCUT2D eigenvalue weighted by atomic mass is 16.5. The highest BCUT2D eigenvalue weighted by molar-refractivity contribution is 5.97. The number of ether oxygens (including phenoxy) is 1. The van der Waals surface area contributed by atoms with Crippen LogP contribution in [0.25, 0.3) is 0 Å². The normalized spacial score (nSPS) is 24.8. The van der Waals surface area contributed by atoms with Crippen molar-refractivity contribution in [3.63, 3.8) is 0 Å². The van der Waals surface area contributed by atoms with E-state index in [0.717, 1.165) is 76.8 Å². The predicted molar refractivity (Wildman–Crippen MR) is 105 cm³/mol. The van der Waals surface area contributed by atoms with Crippen LogP contribution in [0, 0.1) is 0 Å². The summed E-state index contributed by atoms with van der Waals surface area (Å²) in [5, 5.41) is 2.97. The molecule has 7 nitrogen and oxygen atoms in total. The van der Waals surface area contributed by atoms with Crippen LogP contribution in [0.3, 0.4) is 0 Å². The molecule has 0 aromatic carbocycles. The molecule has 28 heavy (non-hydrogen) atoms. The molecule has 2 fully saturated rings. The second kappa shape index (κ2) is 8.64. The number of amides is 2. The molecule has 3 aliphatic heterocycles. The maximum Gasteiger partial charge on any atom is 0.287 e. The SMILES string of the molecule is CCC1CCCCN1C(=O)c1nc(C(=O)NCC2CCCO2)n2c1CCCC2. The molecule has 0 saturated carbocycles. The van der Waals surface area contributed by atoms with Gasteiger partial charge < -0.3 is 19.5 Å². The quantitative estimate of drug-likeness (QED) is 0.841. The van der Waals surface area contributed by atoms with Gasteiger partial charge in [0.2, 0.25) is 0 Å². The lowest BCUT2D eigenvalue weighted by Crippen LogP contribution is -2.44. The summed E-state index contributed by atoms with van der Waals surface area (Å²) >= 11 is 0. The molecule has 4 heterocycles. The van der Waals surface area contributed by atoms with E-state index in [-0.39, 0.29) is 17.9 Å². The first-order valence-electron chi connectivity index (χ1n) is 11.0. The van der Waals surface area contributed by atoms with Gasteiger partial charge in [-0.1, -0.05) is 6.92 Å². The molecular weight excluding hydrogens is 356 g/mol. The Labute approximate surface area is 166 Å². The summed E-state index contributed by atoms with van der Waals surface area (Å²) in [6.07, 6.45) is 9.27. The molecule has 0 aliphatic carbocycles. The van der Waals surface area contributed by atoms with E-state index in [9.17, 15) is 9.59 Å². The first kappa shape index (κ1) is 19.4. The third kappa shape index (κ3) is 3.81. The standard InChI is InChI=1S/C21H32N4O3/c1-2-15-8-3-5-11-24(15)21(27)18-17-10-4-6-12-25(17)19(23-18)20(26)22-14-16-9-7-13-28-16/h15-16H,2-14H2,1H3,(H,22,26). The maximum absolute atomic E-state index is 13.3. The van der Waals surface area contributed by atoms with E-state index in [1.165, 1.54) is 6.42 Å². The van der Waals surface area contributed by atoms with Gasteiger partial charge in [-0.2, -0.15) is 0 Å². The lowest BCUT2D eigenvalue weighted by molar-refractivity contribution is 0.0600. The van der Waals surface area contributed by atoms with Gasteiger partial charge in [-0.25, -0.2) is 4.98 Å². The van der Waals surface area contributed by atoms with Crippen molar-refractivity contribution in [3.8, 4) is 0 Å². The van der Waals surface area contributed by atoms with E-state index in [0.29, 0.717) is 24.1 Å². The Kier molecular flexibility index (Phi) is 5.99. The van der Waals surface area contributed by atoms with E-state index in [1.54, 1.807) is 0 Å². The van der Waals surface area contributed by atoms with Gasteiger partial charge in [0.1, 0.15) is 5.69 Å². The van der Waals surface area contributed by atoms with Crippen LogP contribution >= 0.6 is 0 Å². The Bertz CT molecular complexity index is 723. The molecule has 3 aliphatic rings. The van der Waals surface area contributed by atoms with Crippen LogP contribution < -0.4 is 5.32 Å². The molecule has 2 amide bonds. The zero-order chi connectivity index (χ0) is 19.5. The summed E-state index contributed by atoms with van der Waals surface area (Å²) in [7, 11) is 0. The van der Waals surface area contributed by atoms with Gasteiger partial charge in [0.15, 0.2) is 5.82 Å². The molecule has 7 heteroatoms. The number of fused-ring (bicyclic) bond motifs is 1. The summed E-state index contributed by atoms with van der Waals surface area (Å²) in [5.41, 5.74) is 1.45. The van der Waals surface area contributed by atoms with Crippen LogP contribution in [0.2, 0.25) is 0 Å². The Morgan fingerprint density at radius 1 is 1.14 bits per heavy atom. The number of nitrogens with one attached hydrogen (secondary N) is 1. The molecule has 1 aromatic heterocycles. The van der Waals surface area contributed by atoms with E-state index < -0.39 is 0 Å². The van der Waals surface area contributed by atoms with Crippen molar-refractivity contribution in [3.05, 3.63) is 17.2 Å². The fraction of sp³-hybridized carbons (Fsp3) is 0.762. The van der Waals surface area contributed by atoms with E-state index in [2.05, 4.69) is 17.2 Å². The Hall–Kier alpha value is -1.89. The number of carbonyl (C=O) groups excluding carboxylic acids is 2. The van der Waals surface area contributed by atoms with Crippen LogP contribution in [0.1, 0.15) is 85.1 Å². The van der Waals surface area contributed by atoms with Gasteiger partial charge in [-0.05, 0) is 57.8 Å². The van der Waals surface area contributed by atoms with E-state index >= 15 is 0 Å². The molecule has 2 unspecified atom stereocenters. The van der Waals surface area contributed by atoms with Crippen molar-refractivity contribution in [1.82, 2.24) is 19.8 Å². The summed E-state index contributed by atoms with van der Waals surface area (Å²) in [4.78, 5) is 32.8. The van der Waals surface area contributed by atoms with Crippen LogP contribution in [-0.4, -0.2) is 58.1 Å². The van der Waals surface area contributed by atoms with Gasteiger partial charge in [0, 0.05) is 32.3 Å². The lowest BCUT2D eigenvalue weighted by Gasteiger charge is -2.35. The number of likely N-dealkylation sites (tertiary alicyclic amines) is 1. The van der Waals surface area contributed by atoms with Gasteiger partial charge in [-0.3, -0.25) is 9.59 Å². The third-order valence-corrected chi connectivity index (χ3v) is 6.40. The third-order valence-electron chi connectivity index (χ3n) is 6.40. The summed E-state index contributed by atoms with van der Waals surface area (Å²) in [5.74, 6) is 0.208. The number of hydrogen-bond acceptors (Lipinski definition) is 4. The van der Waals surface area contributed by atoms with E-state index in [1.807, 2.05) is 9.47 Å². The average molecular weight is 389 g/mol. The van der Waals surface area contributed by atoms with Crippen LogP contribution in [0.4, 0.5) is 0 Å². The highest BCUT2D eigenvalue weighted by Crippen LogP contribution is 2.26. The molecule has 154 valence electrons.